The van der Waals surface area contributed by atoms with E-state index in [2.05, 4.69) is 29.6 Å². The standard InChI is InChI=1S/C40H35F3N2O6/c1-26-3-9-29(10-4-26)30-11-5-28(6-12-30)25-51-34-18-7-27(8-19-34)23-45(24-38(47)48)39(49)31-13-16-33(17-14-31)44-37(46)21-32-15-20-35(50-2)22-36(32)40(41,42)43/h3-20,22H,21,23-25H2,1-2H3,(H,44,46)(H,47,48). The fourth-order valence-electron chi connectivity index (χ4n) is 5.34. The van der Waals surface area contributed by atoms with Crippen LogP contribution in [0.2, 0.25) is 0 Å². The summed E-state index contributed by atoms with van der Waals surface area (Å²) >= 11 is 0. The van der Waals surface area contributed by atoms with E-state index in [1.54, 1.807) is 24.3 Å². The minimum Gasteiger partial charge on any atom is -0.497 e. The molecule has 5 aromatic carbocycles. The average Bonchev–Trinajstić information content (AvgIpc) is 3.11. The van der Waals surface area contributed by atoms with Crippen LogP contribution in [0.1, 0.15) is 38.2 Å². The SMILES string of the molecule is COc1ccc(CC(=O)Nc2ccc(C(=O)N(CC(=O)O)Cc3ccc(OCc4ccc(-c5ccc(C)cc5)cc4)cc3)cc2)c(C(F)(F)F)c1. The van der Waals surface area contributed by atoms with E-state index in [0.717, 1.165) is 22.8 Å². The number of rotatable bonds is 13. The van der Waals surface area contributed by atoms with Crippen molar-refractivity contribution >= 4 is 23.5 Å². The highest BCUT2D eigenvalue weighted by Gasteiger charge is 2.34. The maximum Gasteiger partial charge on any atom is 0.416 e. The molecule has 0 aliphatic rings. The zero-order valence-corrected chi connectivity index (χ0v) is 27.9. The number of ether oxygens (including phenoxy) is 2. The number of benzene rings is 5. The van der Waals surface area contributed by atoms with Gasteiger partial charge in [0.25, 0.3) is 5.91 Å². The van der Waals surface area contributed by atoms with Gasteiger partial charge in [-0.15, -0.1) is 0 Å². The van der Waals surface area contributed by atoms with Crippen molar-refractivity contribution in [3.63, 3.8) is 0 Å². The van der Waals surface area contributed by atoms with E-state index < -0.39 is 42.5 Å². The van der Waals surface area contributed by atoms with Gasteiger partial charge in [-0.25, -0.2) is 0 Å². The Hall–Kier alpha value is -6.10. The summed E-state index contributed by atoms with van der Waals surface area (Å²) in [5, 5.41) is 12.0. The number of carbonyl (C=O) groups is 3. The number of carbonyl (C=O) groups excluding carboxylic acids is 2. The van der Waals surface area contributed by atoms with Crippen LogP contribution in [0.15, 0.2) is 115 Å². The van der Waals surface area contributed by atoms with Crippen LogP contribution in [0.5, 0.6) is 11.5 Å². The van der Waals surface area contributed by atoms with Gasteiger partial charge in [0, 0.05) is 17.8 Å². The van der Waals surface area contributed by atoms with Crippen LogP contribution in [0, 0.1) is 6.92 Å². The number of halogens is 3. The lowest BCUT2D eigenvalue weighted by Gasteiger charge is -2.21. The first kappa shape index (κ1) is 36.2. The van der Waals surface area contributed by atoms with Crippen molar-refractivity contribution in [1.82, 2.24) is 4.90 Å². The van der Waals surface area contributed by atoms with Crippen molar-refractivity contribution in [1.29, 1.82) is 0 Å². The number of methoxy groups -OCH3 is 1. The molecule has 0 saturated heterocycles. The second-order valence-corrected chi connectivity index (χ2v) is 11.9. The molecule has 0 unspecified atom stereocenters. The highest BCUT2D eigenvalue weighted by molar-refractivity contribution is 5.97. The first-order chi connectivity index (χ1) is 24.4. The molecular weight excluding hydrogens is 661 g/mol. The molecular formula is C40H35F3N2O6. The summed E-state index contributed by atoms with van der Waals surface area (Å²) in [5.41, 5.74) is 4.34. The third kappa shape index (κ3) is 9.98. The Morgan fingerprint density at radius 2 is 1.35 bits per heavy atom. The van der Waals surface area contributed by atoms with Crippen molar-refractivity contribution in [3.8, 4) is 22.6 Å². The number of amides is 2. The molecule has 0 radical (unpaired) electrons. The van der Waals surface area contributed by atoms with E-state index in [4.69, 9.17) is 9.47 Å². The summed E-state index contributed by atoms with van der Waals surface area (Å²) in [6.07, 6.45) is -5.22. The predicted molar refractivity (Wildman–Crippen MR) is 187 cm³/mol. The third-order valence-corrected chi connectivity index (χ3v) is 8.04. The van der Waals surface area contributed by atoms with Crippen LogP contribution in [-0.2, 0) is 35.3 Å². The van der Waals surface area contributed by atoms with Gasteiger partial charge in [0.1, 0.15) is 24.7 Å². The lowest BCUT2D eigenvalue weighted by Crippen LogP contribution is -2.35. The average molecular weight is 697 g/mol. The molecule has 0 atom stereocenters. The van der Waals surface area contributed by atoms with Gasteiger partial charge in [-0.05, 0) is 83.3 Å². The van der Waals surface area contributed by atoms with Gasteiger partial charge >= 0.3 is 12.1 Å². The summed E-state index contributed by atoms with van der Waals surface area (Å²) in [5.74, 6) is -1.82. The molecule has 0 heterocycles. The molecule has 2 N–H and O–H groups in total. The molecule has 51 heavy (non-hydrogen) atoms. The summed E-state index contributed by atoms with van der Waals surface area (Å²) < 4.78 is 51.5. The summed E-state index contributed by atoms with van der Waals surface area (Å²) in [4.78, 5) is 38.8. The predicted octanol–water partition coefficient (Wildman–Crippen LogP) is 8.18. The fourth-order valence-corrected chi connectivity index (χ4v) is 5.34. The Bertz CT molecular complexity index is 1980. The number of carboxylic acids is 1. The highest BCUT2D eigenvalue weighted by Crippen LogP contribution is 2.35. The minimum absolute atomic E-state index is 0.00771. The maximum absolute atomic E-state index is 13.5. The fraction of sp³-hybridized carbons (Fsp3) is 0.175. The number of alkyl halides is 3. The smallest absolute Gasteiger partial charge is 0.416 e. The van der Waals surface area contributed by atoms with Crippen molar-refractivity contribution in [2.24, 2.45) is 0 Å². The Morgan fingerprint density at radius 3 is 1.94 bits per heavy atom. The molecule has 262 valence electrons. The topological polar surface area (TPSA) is 105 Å². The van der Waals surface area contributed by atoms with E-state index in [1.165, 1.54) is 54.0 Å². The van der Waals surface area contributed by atoms with Crippen molar-refractivity contribution in [2.45, 2.75) is 32.7 Å². The Morgan fingerprint density at radius 1 is 0.765 bits per heavy atom. The molecule has 0 bridgehead atoms. The number of hydrogen-bond donors (Lipinski definition) is 2. The number of carboxylic acid groups (broad SMARTS) is 1. The van der Waals surface area contributed by atoms with E-state index in [9.17, 15) is 32.7 Å². The first-order valence-corrected chi connectivity index (χ1v) is 15.9. The van der Waals surface area contributed by atoms with E-state index in [0.29, 0.717) is 17.9 Å². The van der Waals surface area contributed by atoms with Crippen LogP contribution >= 0.6 is 0 Å². The molecule has 0 aromatic heterocycles. The number of hydrogen-bond acceptors (Lipinski definition) is 5. The Kier molecular flexibility index (Phi) is 11.4. The van der Waals surface area contributed by atoms with Gasteiger partial charge in [-0.1, -0.05) is 72.3 Å². The molecule has 5 aromatic rings. The van der Waals surface area contributed by atoms with Gasteiger partial charge in [-0.3, -0.25) is 14.4 Å². The summed E-state index contributed by atoms with van der Waals surface area (Å²) in [6, 6.07) is 32.5. The molecule has 0 fully saturated rings. The van der Waals surface area contributed by atoms with Gasteiger partial charge in [0.15, 0.2) is 0 Å². The van der Waals surface area contributed by atoms with Gasteiger partial charge in [0.2, 0.25) is 5.91 Å². The lowest BCUT2D eigenvalue weighted by atomic mass is 10.0. The molecule has 11 heteroatoms. The van der Waals surface area contributed by atoms with Crippen LogP contribution < -0.4 is 14.8 Å². The number of nitrogens with one attached hydrogen (secondary N) is 1. The molecule has 0 aliphatic heterocycles. The Balaban J connectivity index is 1.17. The second kappa shape index (κ2) is 16.1. The molecule has 2 amide bonds. The first-order valence-electron chi connectivity index (χ1n) is 15.9. The summed E-state index contributed by atoms with van der Waals surface area (Å²) in [6.45, 7) is 1.85. The van der Waals surface area contributed by atoms with Crippen LogP contribution in [0.3, 0.4) is 0 Å². The zero-order valence-electron chi connectivity index (χ0n) is 27.9. The second-order valence-electron chi connectivity index (χ2n) is 11.9. The number of anilines is 1. The number of nitrogens with zero attached hydrogens (tertiary/aromatic N) is 1. The van der Waals surface area contributed by atoms with Gasteiger partial charge in [-0.2, -0.15) is 13.2 Å². The zero-order chi connectivity index (χ0) is 36.5. The quantitative estimate of drug-likeness (QED) is 0.129. The monoisotopic (exact) mass is 696 g/mol. The third-order valence-electron chi connectivity index (χ3n) is 8.04. The Labute approximate surface area is 293 Å². The van der Waals surface area contributed by atoms with Crippen molar-refractivity contribution in [2.75, 3.05) is 19.0 Å². The molecule has 0 spiro atoms. The molecule has 0 aliphatic carbocycles. The minimum atomic E-state index is -4.68. The van der Waals surface area contributed by atoms with Crippen molar-refractivity contribution in [3.05, 3.63) is 149 Å². The largest absolute Gasteiger partial charge is 0.497 e. The van der Waals surface area contributed by atoms with E-state index in [1.807, 2.05) is 31.2 Å². The maximum atomic E-state index is 13.5. The van der Waals surface area contributed by atoms with E-state index in [-0.39, 0.29) is 29.1 Å². The van der Waals surface area contributed by atoms with Crippen LogP contribution in [0.25, 0.3) is 11.1 Å². The molecule has 5 rings (SSSR count). The van der Waals surface area contributed by atoms with Crippen molar-refractivity contribution < 1.29 is 42.1 Å². The lowest BCUT2D eigenvalue weighted by molar-refractivity contribution is -0.139. The van der Waals surface area contributed by atoms with E-state index >= 15 is 0 Å². The summed E-state index contributed by atoms with van der Waals surface area (Å²) in [7, 11) is 1.25. The van der Waals surface area contributed by atoms with Crippen LogP contribution in [-0.4, -0.2) is 41.4 Å². The normalized spacial score (nSPS) is 11.1. The van der Waals surface area contributed by atoms with Crippen LogP contribution in [0.4, 0.5) is 18.9 Å². The van der Waals surface area contributed by atoms with Gasteiger partial charge in [0.05, 0.1) is 19.1 Å². The highest BCUT2D eigenvalue weighted by atomic mass is 19.4. The number of aliphatic carboxylic acids is 1. The molecule has 8 nitrogen and oxygen atoms in total. The number of aryl methyl sites for hydroxylation is 1. The molecule has 0 saturated carbocycles. The van der Waals surface area contributed by atoms with Gasteiger partial charge < -0.3 is 24.8 Å².